The minimum absolute atomic E-state index is 0.126. The first kappa shape index (κ1) is 8.75. The molecule has 0 spiro atoms. The third kappa shape index (κ3) is 1.03. The number of fused-ring (bicyclic) bond motifs is 1. The van der Waals surface area contributed by atoms with E-state index in [2.05, 4.69) is 0 Å². The Labute approximate surface area is 78.5 Å². The Bertz CT molecular complexity index is 434. The van der Waals surface area contributed by atoms with Crippen molar-refractivity contribution in [2.75, 3.05) is 0 Å². The smallest absolute Gasteiger partial charge is 0.181 e. The maximum atomic E-state index is 11.8. The molecular weight excluding hydrogens is 184 g/mol. The van der Waals surface area contributed by atoms with Gasteiger partial charge in [-0.25, -0.2) is 8.42 Å². The van der Waals surface area contributed by atoms with Crippen molar-refractivity contribution in [3.63, 3.8) is 0 Å². The normalized spacial score (nSPS) is 30.0. The summed E-state index contributed by atoms with van der Waals surface area (Å²) in [4.78, 5) is 0.523. The van der Waals surface area contributed by atoms with E-state index in [0.717, 1.165) is 5.56 Å². The van der Waals surface area contributed by atoms with Crippen LogP contribution in [0.3, 0.4) is 0 Å². The van der Waals surface area contributed by atoms with Gasteiger partial charge in [0.15, 0.2) is 9.84 Å². The Morgan fingerprint density at radius 3 is 2.38 bits per heavy atom. The fourth-order valence-corrected chi connectivity index (χ4v) is 3.77. The van der Waals surface area contributed by atoms with Crippen LogP contribution in [0.5, 0.6) is 0 Å². The molecule has 70 valence electrons. The number of hydrogen-bond donors (Lipinski definition) is 0. The molecule has 0 unspecified atom stereocenters. The lowest BCUT2D eigenvalue weighted by atomic mass is 9.99. The minimum Gasteiger partial charge on any atom is -0.223 e. The third-order valence-corrected chi connectivity index (χ3v) is 5.28. The maximum absolute atomic E-state index is 11.8. The van der Waals surface area contributed by atoms with Gasteiger partial charge < -0.3 is 0 Å². The minimum atomic E-state index is -3.03. The Hall–Kier alpha value is -0.830. The molecule has 1 heterocycles. The second-order valence-electron chi connectivity index (χ2n) is 3.58. The molecule has 1 aromatic carbocycles. The van der Waals surface area contributed by atoms with Crippen LogP contribution in [0.4, 0.5) is 0 Å². The standard InChI is InChI=1S/C10H12O2S/c1-7-8(2)13(11,12)10-6-4-3-5-9(7)10/h3-8H,1-2H3/t7-,8+/m0/s1. The summed E-state index contributed by atoms with van der Waals surface area (Å²) in [5.41, 5.74) is 0.968. The average Bonchev–Trinajstić information content (AvgIpc) is 2.30. The highest BCUT2D eigenvalue weighted by Crippen LogP contribution is 2.39. The Morgan fingerprint density at radius 2 is 1.77 bits per heavy atom. The lowest BCUT2D eigenvalue weighted by molar-refractivity contribution is 0.584. The summed E-state index contributed by atoms with van der Waals surface area (Å²) in [6.45, 7) is 3.74. The highest BCUT2D eigenvalue weighted by atomic mass is 32.2. The van der Waals surface area contributed by atoms with Gasteiger partial charge in [0.05, 0.1) is 10.1 Å². The van der Waals surface area contributed by atoms with Crippen LogP contribution in [0.2, 0.25) is 0 Å². The molecular formula is C10H12O2S. The molecule has 0 fully saturated rings. The lowest BCUT2D eigenvalue weighted by Crippen LogP contribution is -2.14. The fraction of sp³-hybridized carbons (Fsp3) is 0.400. The Kier molecular flexibility index (Phi) is 1.74. The van der Waals surface area contributed by atoms with Gasteiger partial charge in [-0.3, -0.25) is 0 Å². The van der Waals surface area contributed by atoms with Crippen LogP contribution in [0, 0.1) is 0 Å². The zero-order valence-electron chi connectivity index (χ0n) is 7.69. The van der Waals surface area contributed by atoms with E-state index in [-0.39, 0.29) is 11.2 Å². The average molecular weight is 196 g/mol. The van der Waals surface area contributed by atoms with Crippen LogP contribution in [-0.2, 0) is 9.84 Å². The summed E-state index contributed by atoms with van der Waals surface area (Å²) >= 11 is 0. The summed E-state index contributed by atoms with van der Waals surface area (Å²) in [6, 6.07) is 7.27. The largest absolute Gasteiger partial charge is 0.223 e. The van der Waals surface area contributed by atoms with E-state index >= 15 is 0 Å². The van der Waals surface area contributed by atoms with E-state index in [0.29, 0.717) is 4.90 Å². The molecule has 0 aromatic heterocycles. The monoisotopic (exact) mass is 196 g/mol. The van der Waals surface area contributed by atoms with Gasteiger partial charge in [0.25, 0.3) is 0 Å². The molecule has 2 atom stereocenters. The SMILES string of the molecule is C[C@@H]1c2ccccc2S(=O)(=O)[C@@H]1C. The van der Waals surface area contributed by atoms with Crippen molar-refractivity contribution in [2.24, 2.45) is 0 Å². The maximum Gasteiger partial charge on any atom is 0.181 e. The van der Waals surface area contributed by atoms with Gasteiger partial charge in [0, 0.05) is 0 Å². The summed E-state index contributed by atoms with van der Waals surface area (Å²) in [5.74, 6) is 0.126. The fourth-order valence-electron chi connectivity index (χ4n) is 1.84. The molecule has 13 heavy (non-hydrogen) atoms. The van der Waals surface area contributed by atoms with Crippen molar-refractivity contribution in [1.82, 2.24) is 0 Å². The van der Waals surface area contributed by atoms with E-state index < -0.39 is 9.84 Å². The van der Waals surface area contributed by atoms with Gasteiger partial charge in [-0.15, -0.1) is 0 Å². The van der Waals surface area contributed by atoms with Gasteiger partial charge in [0.1, 0.15) is 0 Å². The molecule has 3 heteroatoms. The van der Waals surface area contributed by atoms with Crippen molar-refractivity contribution in [3.05, 3.63) is 29.8 Å². The van der Waals surface area contributed by atoms with Gasteiger partial charge >= 0.3 is 0 Å². The Morgan fingerprint density at radius 1 is 1.15 bits per heavy atom. The zero-order valence-corrected chi connectivity index (χ0v) is 8.51. The molecule has 1 aromatic rings. The number of sulfone groups is 1. The van der Waals surface area contributed by atoms with Crippen LogP contribution in [-0.4, -0.2) is 13.7 Å². The van der Waals surface area contributed by atoms with E-state index in [4.69, 9.17) is 0 Å². The predicted octanol–water partition coefficient (Wildman–Crippen LogP) is 1.97. The summed E-state index contributed by atoms with van der Waals surface area (Å²) in [5, 5.41) is -0.273. The first-order valence-corrected chi connectivity index (χ1v) is 5.92. The van der Waals surface area contributed by atoms with Crippen LogP contribution in [0.1, 0.15) is 25.3 Å². The Balaban J connectivity index is 2.76. The highest BCUT2D eigenvalue weighted by Gasteiger charge is 2.38. The lowest BCUT2D eigenvalue weighted by Gasteiger charge is -2.06. The predicted molar refractivity (Wildman–Crippen MR) is 51.5 cm³/mol. The van der Waals surface area contributed by atoms with Crippen molar-refractivity contribution in [3.8, 4) is 0 Å². The third-order valence-electron chi connectivity index (χ3n) is 2.91. The van der Waals surface area contributed by atoms with Crippen LogP contribution in [0.15, 0.2) is 29.2 Å². The van der Waals surface area contributed by atoms with E-state index in [1.165, 1.54) is 0 Å². The van der Waals surface area contributed by atoms with Crippen molar-refractivity contribution in [2.45, 2.75) is 29.9 Å². The molecule has 2 rings (SSSR count). The summed E-state index contributed by atoms with van der Waals surface area (Å²) in [7, 11) is -3.03. The molecule has 0 saturated heterocycles. The van der Waals surface area contributed by atoms with Crippen LogP contribution < -0.4 is 0 Å². The van der Waals surface area contributed by atoms with Gasteiger partial charge in [-0.1, -0.05) is 25.1 Å². The van der Waals surface area contributed by atoms with Gasteiger partial charge in [-0.2, -0.15) is 0 Å². The second-order valence-corrected chi connectivity index (χ2v) is 5.85. The van der Waals surface area contributed by atoms with E-state index in [9.17, 15) is 8.42 Å². The van der Waals surface area contributed by atoms with Gasteiger partial charge in [0.2, 0.25) is 0 Å². The van der Waals surface area contributed by atoms with Crippen LogP contribution in [0.25, 0.3) is 0 Å². The zero-order chi connectivity index (χ0) is 9.64. The van der Waals surface area contributed by atoms with E-state index in [1.807, 2.05) is 19.1 Å². The molecule has 1 aliphatic heterocycles. The summed E-state index contributed by atoms with van der Waals surface area (Å²) < 4.78 is 23.6. The number of hydrogen-bond acceptors (Lipinski definition) is 2. The molecule has 0 amide bonds. The highest BCUT2D eigenvalue weighted by molar-refractivity contribution is 7.92. The first-order chi connectivity index (χ1) is 6.05. The second kappa shape index (κ2) is 2.58. The van der Waals surface area contributed by atoms with E-state index in [1.54, 1.807) is 19.1 Å². The molecule has 0 bridgehead atoms. The van der Waals surface area contributed by atoms with Crippen molar-refractivity contribution >= 4 is 9.84 Å². The molecule has 0 saturated carbocycles. The number of benzene rings is 1. The molecule has 1 aliphatic rings. The first-order valence-electron chi connectivity index (χ1n) is 4.38. The molecule has 0 radical (unpaired) electrons. The molecule has 0 N–H and O–H groups in total. The van der Waals surface area contributed by atoms with Crippen LogP contribution >= 0.6 is 0 Å². The van der Waals surface area contributed by atoms with Gasteiger partial charge in [-0.05, 0) is 24.5 Å². The summed E-state index contributed by atoms with van der Waals surface area (Å²) in [6.07, 6.45) is 0. The molecule has 0 aliphatic carbocycles. The molecule has 2 nitrogen and oxygen atoms in total. The number of rotatable bonds is 0. The van der Waals surface area contributed by atoms with Crippen molar-refractivity contribution in [1.29, 1.82) is 0 Å². The quantitative estimate of drug-likeness (QED) is 0.635. The topological polar surface area (TPSA) is 34.1 Å². The van der Waals surface area contributed by atoms with Crippen molar-refractivity contribution < 1.29 is 8.42 Å².